The van der Waals surface area contributed by atoms with E-state index in [-0.39, 0.29) is 5.91 Å². The number of amides is 1. The fourth-order valence-corrected chi connectivity index (χ4v) is 3.45. The number of thioether (sulfide) groups is 1. The molecule has 0 aromatic rings. The maximum Gasteiger partial charge on any atom is 0.233 e. The molecule has 1 amide bonds. The molecular formula is C14H26N2OS2. The SMILES string of the molecule is CSCCCCCCNC(=O)C1(C(N)=S)CCCC1. The molecule has 0 heterocycles. The first-order valence-corrected chi connectivity index (χ1v) is 9.01. The number of carbonyl (C=O) groups is 1. The summed E-state index contributed by atoms with van der Waals surface area (Å²) in [5.74, 6) is 1.29. The van der Waals surface area contributed by atoms with E-state index in [2.05, 4.69) is 11.6 Å². The molecule has 0 aromatic heterocycles. The largest absolute Gasteiger partial charge is 0.392 e. The van der Waals surface area contributed by atoms with Gasteiger partial charge in [-0.3, -0.25) is 4.79 Å². The van der Waals surface area contributed by atoms with Crippen molar-refractivity contribution in [1.29, 1.82) is 0 Å². The summed E-state index contributed by atoms with van der Waals surface area (Å²) in [6, 6.07) is 0. The van der Waals surface area contributed by atoms with Crippen molar-refractivity contribution in [1.82, 2.24) is 5.32 Å². The molecule has 0 aliphatic heterocycles. The second-order valence-corrected chi connectivity index (χ2v) is 6.74. The molecule has 0 radical (unpaired) electrons. The molecular weight excluding hydrogens is 276 g/mol. The Hall–Kier alpha value is -0.290. The van der Waals surface area contributed by atoms with Gasteiger partial charge < -0.3 is 11.1 Å². The van der Waals surface area contributed by atoms with E-state index in [1.165, 1.54) is 25.0 Å². The van der Waals surface area contributed by atoms with Crippen LogP contribution in [-0.2, 0) is 4.79 Å². The van der Waals surface area contributed by atoms with Gasteiger partial charge in [-0.05, 0) is 37.7 Å². The lowest BCUT2D eigenvalue weighted by Gasteiger charge is -2.26. The summed E-state index contributed by atoms with van der Waals surface area (Å²) in [7, 11) is 0. The molecule has 0 aromatic carbocycles. The minimum absolute atomic E-state index is 0.0570. The van der Waals surface area contributed by atoms with Crippen LogP contribution >= 0.6 is 24.0 Å². The third-order valence-electron chi connectivity index (χ3n) is 3.92. The predicted molar refractivity (Wildman–Crippen MR) is 87.5 cm³/mol. The van der Waals surface area contributed by atoms with Gasteiger partial charge in [0.1, 0.15) is 0 Å². The Balaban J connectivity index is 2.21. The zero-order chi connectivity index (χ0) is 14.1. The van der Waals surface area contributed by atoms with Crippen molar-refractivity contribution in [2.75, 3.05) is 18.6 Å². The minimum atomic E-state index is -0.547. The maximum atomic E-state index is 12.3. The fraction of sp³-hybridized carbons (Fsp3) is 0.857. The molecule has 1 saturated carbocycles. The molecule has 0 unspecified atom stereocenters. The molecule has 3 nitrogen and oxygen atoms in total. The number of hydrogen-bond donors (Lipinski definition) is 2. The smallest absolute Gasteiger partial charge is 0.233 e. The molecule has 1 rings (SSSR count). The molecule has 110 valence electrons. The summed E-state index contributed by atoms with van der Waals surface area (Å²) in [5.41, 5.74) is 5.24. The molecule has 1 aliphatic carbocycles. The molecule has 3 N–H and O–H groups in total. The van der Waals surface area contributed by atoms with Gasteiger partial charge in [0.05, 0.1) is 10.4 Å². The monoisotopic (exact) mass is 302 g/mol. The van der Waals surface area contributed by atoms with E-state index in [1.807, 2.05) is 11.8 Å². The zero-order valence-electron chi connectivity index (χ0n) is 11.9. The van der Waals surface area contributed by atoms with Gasteiger partial charge in [-0.25, -0.2) is 0 Å². The topological polar surface area (TPSA) is 55.1 Å². The van der Waals surface area contributed by atoms with Gasteiger partial charge in [-0.1, -0.05) is 37.9 Å². The molecule has 1 fully saturated rings. The highest BCUT2D eigenvalue weighted by atomic mass is 32.2. The number of thiocarbonyl (C=S) groups is 1. The normalized spacial score (nSPS) is 17.3. The third-order valence-corrected chi connectivity index (χ3v) is 5.01. The predicted octanol–water partition coefficient (Wildman–Crippen LogP) is 2.87. The van der Waals surface area contributed by atoms with Crippen molar-refractivity contribution in [2.24, 2.45) is 11.1 Å². The third kappa shape index (κ3) is 4.95. The first-order chi connectivity index (χ1) is 9.13. The Morgan fingerprint density at radius 1 is 1.26 bits per heavy atom. The summed E-state index contributed by atoms with van der Waals surface area (Å²) in [4.78, 5) is 12.6. The van der Waals surface area contributed by atoms with E-state index in [0.717, 1.165) is 38.6 Å². The number of carbonyl (C=O) groups excluding carboxylic acids is 1. The summed E-state index contributed by atoms with van der Waals surface area (Å²) in [5, 5.41) is 3.03. The minimum Gasteiger partial charge on any atom is -0.392 e. The summed E-state index contributed by atoms with van der Waals surface area (Å²) < 4.78 is 0. The van der Waals surface area contributed by atoms with Crippen molar-refractivity contribution in [3.05, 3.63) is 0 Å². The van der Waals surface area contributed by atoms with Crippen LogP contribution in [0.1, 0.15) is 51.4 Å². The molecule has 0 bridgehead atoms. The average molecular weight is 303 g/mol. The van der Waals surface area contributed by atoms with E-state index >= 15 is 0 Å². The maximum absolute atomic E-state index is 12.3. The van der Waals surface area contributed by atoms with Gasteiger partial charge in [0.2, 0.25) is 5.91 Å². The van der Waals surface area contributed by atoms with Crippen molar-refractivity contribution in [2.45, 2.75) is 51.4 Å². The van der Waals surface area contributed by atoms with Crippen LogP contribution in [0, 0.1) is 5.41 Å². The van der Waals surface area contributed by atoms with Crippen LogP contribution in [0.2, 0.25) is 0 Å². The van der Waals surface area contributed by atoms with Crippen LogP contribution in [0.5, 0.6) is 0 Å². The summed E-state index contributed by atoms with van der Waals surface area (Å²) in [6.45, 7) is 0.752. The molecule has 19 heavy (non-hydrogen) atoms. The highest BCUT2D eigenvalue weighted by molar-refractivity contribution is 7.98. The zero-order valence-corrected chi connectivity index (χ0v) is 13.5. The lowest BCUT2D eigenvalue weighted by molar-refractivity contribution is -0.127. The second kappa shape index (κ2) is 8.80. The Kier molecular flexibility index (Phi) is 7.76. The first-order valence-electron chi connectivity index (χ1n) is 7.20. The molecule has 0 atom stereocenters. The number of hydrogen-bond acceptors (Lipinski definition) is 3. The van der Waals surface area contributed by atoms with Crippen molar-refractivity contribution in [3.63, 3.8) is 0 Å². The van der Waals surface area contributed by atoms with Crippen LogP contribution in [-0.4, -0.2) is 29.4 Å². The van der Waals surface area contributed by atoms with E-state index in [4.69, 9.17) is 18.0 Å². The van der Waals surface area contributed by atoms with Gasteiger partial charge in [0.25, 0.3) is 0 Å². The average Bonchev–Trinajstić information content (AvgIpc) is 2.88. The quantitative estimate of drug-likeness (QED) is 0.508. The Morgan fingerprint density at radius 2 is 1.89 bits per heavy atom. The van der Waals surface area contributed by atoms with Gasteiger partial charge >= 0.3 is 0 Å². The van der Waals surface area contributed by atoms with Gasteiger partial charge in [0, 0.05) is 6.54 Å². The van der Waals surface area contributed by atoms with Crippen molar-refractivity contribution < 1.29 is 4.79 Å². The number of unbranched alkanes of at least 4 members (excludes halogenated alkanes) is 3. The highest BCUT2D eigenvalue weighted by Crippen LogP contribution is 2.38. The summed E-state index contributed by atoms with van der Waals surface area (Å²) >= 11 is 7.00. The molecule has 0 saturated heterocycles. The summed E-state index contributed by atoms with van der Waals surface area (Å²) in [6.07, 6.45) is 10.6. The van der Waals surface area contributed by atoms with Crippen LogP contribution < -0.4 is 11.1 Å². The van der Waals surface area contributed by atoms with Crippen LogP contribution in [0.4, 0.5) is 0 Å². The number of nitrogens with one attached hydrogen (secondary N) is 1. The van der Waals surface area contributed by atoms with E-state index in [1.54, 1.807) is 0 Å². The lowest BCUT2D eigenvalue weighted by atomic mass is 9.85. The number of rotatable bonds is 9. The highest BCUT2D eigenvalue weighted by Gasteiger charge is 2.43. The van der Waals surface area contributed by atoms with Gasteiger partial charge in [-0.2, -0.15) is 11.8 Å². The van der Waals surface area contributed by atoms with Crippen LogP contribution in [0.25, 0.3) is 0 Å². The lowest BCUT2D eigenvalue weighted by Crippen LogP contribution is -2.47. The first kappa shape index (κ1) is 16.8. The second-order valence-electron chi connectivity index (χ2n) is 5.32. The van der Waals surface area contributed by atoms with Gasteiger partial charge in [0.15, 0.2) is 0 Å². The standard InChI is InChI=1S/C14H26N2OS2/c1-19-11-7-3-2-6-10-16-13(17)14(12(15)18)8-4-5-9-14/h2-11H2,1H3,(H2,15,18)(H,16,17). The van der Waals surface area contributed by atoms with Crippen LogP contribution in [0.3, 0.4) is 0 Å². The number of nitrogens with two attached hydrogens (primary N) is 1. The van der Waals surface area contributed by atoms with E-state index in [0.29, 0.717) is 4.99 Å². The molecule has 1 aliphatic rings. The van der Waals surface area contributed by atoms with Crippen molar-refractivity contribution in [3.8, 4) is 0 Å². The van der Waals surface area contributed by atoms with E-state index < -0.39 is 5.41 Å². The van der Waals surface area contributed by atoms with E-state index in [9.17, 15) is 4.79 Å². The van der Waals surface area contributed by atoms with Crippen molar-refractivity contribution >= 4 is 34.9 Å². The fourth-order valence-electron chi connectivity index (χ4n) is 2.66. The molecule has 0 spiro atoms. The Morgan fingerprint density at radius 3 is 2.47 bits per heavy atom. The molecule has 5 heteroatoms. The Labute approximate surface area is 126 Å². The van der Waals surface area contributed by atoms with Crippen LogP contribution in [0.15, 0.2) is 0 Å². The van der Waals surface area contributed by atoms with Gasteiger partial charge in [-0.15, -0.1) is 0 Å². The Bertz CT molecular complexity index is 302.